The number of carbonyl (C=O) groups excluding carboxylic acids is 2. The van der Waals surface area contributed by atoms with Gasteiger partial charge in [-0.3, -0.25) is 24.6 Å². The number of likely N-dealkylation sites (tertiary alicyclic amines) is 2. The summed E-state index contributed by atoms with van der Waals surface area (Å²) in [5.74, 6) is -0.526. The van der Waals surface area contributed by atoms with E-state index in [9.17, 15) is 14.7 Å². The highest BCUT2D eigenvalue weighted by Crippen LogP contribution is 2.38. The number of amides is 2. The monoisotopic (exact) mass is 1030 g/mol. The van der Waals surface area contributed by atoms with Crippen molar-refractivity contribution < 1.29 is 33.1 Å². The van der Waals surface area contributed by atoms with Crippen LogP contribution in [0.5, 0.6) is 11.9 Å². The van der Waals surface area contributed by atoms with Crippen molar-refractivity contribution in [1.29, 1.82) is 0 Å². The molecule has 0 spiro atoms. The lowest BCUT2D eigenvalue weighted by Crippen LogP contribution is -2.51. The Morgan fingerprint density at radius 2 is 1.74 bits per heavy atom. The van der Waals surface area contributed by atoms with Gasteiger partial charge in [0.1, 0.15) is 35.6 Å². The molecule has 7 aromatic rings. The number of carbonyl (C=O) groups is 2. The average Bonchev–Trinajstić information content (AvgIpc) is 4.28. The summed E-state index contributed by atoms with van der Waals surface area (Å²) in [7, 11) is 0. The van der Waals surface area contributed by atoms with Crippen molar-refractivity contribution in [3.8, 4) is 33.6 Å². The van der Waals surface area contributed by atoms with Crippen LogP contribution in [0.2, 0.25) is 0 Å². The van der Waals surface area contributed by atoms with Crippen LogP contribution < -0.4 is 25.0 Å². The molecule has 388 valence electrons. The van der Waals surface area contributed by atoms with Gasteiger partial charge >= 0.3 is 6.01 Å². The summed E-state index contributed by atoms with van der Waals surface area (Å²) in [4.78, 5) is 53.9. The first-order valence-corrected chi connectivity index (χ1v) is 26.8. The minimum atomic E-state index is -0.843. The molecule has 2 bridgehead atoms. The number of anilines is 1. The van der Waals surface area contributed by atoms with Crippen LogP contribution >= 0.6 is 11.3 Å². The number of aromatic nitrogens is 7. The van der Waals surface area contributed by atoms with Crippen molar-refractivity contribution >= 4 is 50.8 Å². The predicted molar refractivity (Wildman–Crippen MR) is 278 cm³/mol. The Balaban J connectivity index is 0.689. The van der Waals surface area contributed by atoms with Crippen LogP contribution in [0.25, 0.3) is 43.5 Å². The van der Waals surface area contributed by atoms with Gasteiger partial charge in [0, 0.05) is 67.9 Å². The van der Waals surface area contributed by atoms with Crippen LogP contribution in [0, 0.1) is 31.5 Å². The molecule has 20 heteroatoms. The van der Waals surface area contributed by atoms with Crippen LogP contribution in [0.1, 0.15) is 87.4 Å². The Bertz CT molecular complexity index is 3140. The zero-order valence-corrected chi connectivity index (χ0v) is 43.2. The highest BCUT2D eigenvalue weighted by atomic mass is 32.1. The smallest absolute Gasteiger partial charge is 0.319 e. The lowest BCUT2D eigenvalue weighted by Gasteiger charge is -2.34. The number of fused-ring (bicyclic) bond motifs is 4. The fourth-order valence-electron chi connectivity index (χ4n) is 11.4. The molecular weight excluding hydrogens is 964 g/mol. The van der Waals surface area contributed by atoms with Crippen molar-refractivity contribution in [2.45, 2.75) is 103 Å². The minimum Gasteiger partial charge on any atom is -0.475 e. The largest absolute Gasteiger partial charge is 0.475 e. The maximum absolute atomic E-state index is 16.9. The van der Waals surface area contributed by atoms with Crippen LogP contribution in [0.3, 0.4) is 0 Å². The fourth-order valence-corrected chi connectivity index (χ4v) is 12.2. The minimum absolute atomic E-state index is 0.0410. The van der Waals surface area contributed by atoms with Crippen molar-refractivity contribution in [3.63, 3.8) is 0 Å². The number of ether oxygens (including phenoxy) is 2. The first-order valence-electron chi connectivity index (χ1n) is 25.9. The van der Waals surface area contributed by atoms with E-state index in [4.69, 9.17) is 28.9 Å². The van der Waals surface area contributed by atoms with E-state index >= 15 is 4.39 Å². The lowest BCUT2D eigenvalue weighted by atomic mass is 9.91. The molecule has 5 unspecified atom stereocenters. The average molecular weight is 1030 g/mol. The number of pyridine rings is 1. The normalized spacial score (nSPS) is 21.2. The molecule has 2 amide bonds. The molecule has 0 saturated carbocycles. The van der Waals surface area contributed by atoms with Gasteiger partial charge in [-0.1, -0.05) is 44.2 Å². The summed E-state index contributed by atoms with van der Waals surface area (Å²) in [6.45, 7) is 14.3. The van der Waals surface area contributed by atoms with Crippen molar-refractivity contribution in [2.75, 3.05) is 57.4 Å². The Labute approximate surface area is 432 Å². The number of H-pyrrole nitrogens is 1. The number of hydrogen-bond acceptors (Lipinski definition) is 16. The van der Waals surface area contributed by atoms with Gasteiger partial charge in [-0.2, -0.15) is 15.1 Å². The van der Waals surface area contributed by atoms with E-state index in [1.807, 2.05) is 76.5 Å². The second-order valence-corrected chi connectivity index (χ2v) is 21.7. The van der Waals surface area contributed by atoms with Gasteiger partial charge in [0.2, 0.25) is 11.8 Å². The topological polar surface area (TPSA) is 213 Å². The van der Waals surface area contributed by atoms with Gasteiger partial charge in [-0.15, -0.1) is 11.3 Å². The SMILES string of the molecule is Cc1ccc2[nH]ncc2c1-c1ncc2c(N3CC4CCC(C3)N4)nc(OCCN3CCC(COc4cc(C(C(=O)N5C[C@H](O)CC5C(=O)NC(C)c5ccc(-c6scnc6C)cc5)C(C)C)on4)CC3)nc2c1F. The van der Waals surface area contributed by atoms with Crippen molar-refractivity contribution in [2.24, 2.45) is 11.8 Å². The van der Waals surface area contributed by atoms with Gasteiger partial charge < -0.3 is 39.5 Å². The molecule has 11 rings (SSSR count). The molecule has 0 radical (unpaired) electrons. The summed E-state index contributed by atoms with van der Waals surface area (Å²) in [6, 6.07) is 13.2. The van der Waals surface area contributed by atoms with Crippen molar-refractivity contribution in [1.82, 2.24) is 55.7 Å². The number of piperazine rings is 1. The molecule has 74 heavy (non-hydrogen) atoms. The van der Waals surface area contributed by atoms with Crippen LogP contribution in [0.15, 0.2) is 64.9 Å². The molecule has 6 atom stereocenters. The van der Waals surface area contributed by atoms with Crippen LogP contribution in [-0.2, 0) is 9.59 Å². The fraction of sp³-hybridized carbons (Fsp3) is 0.481. The van der Waals surface area contributed by atoms with Gasteiger partial charge in [-0.25, -0.2) is 9.37 Å². The summed E-state index contributed by atoms with van der Waals surface area (Å²) in [6.07, 6.45) is 6.66. The highest BCUT2D eigenvalue weighted by molar-refractivity contribution is 7.13. The van der Waals surface area contributed by atoms with E-state index in [-0.39, 0.29) is 59.9 Å². The molecule has 4 saturated heterocycles. The summed E-state index contributed by atoms with van der Waals surface area (Å²) >= 11 is 1.59. The number of β-amino-alcohol motifs (C(OH)–C–C–N with tert-alkyl or cyclic N) is 1. The third kappa shape index (κ3) is 10.0. The van der Waals surface area contributed by atoms with Crippen LogP contribution in [0.4, 0.5) is 10.2 Å². The summed E-state index contributed by atoms with van der Waals surface area (Å²) in [5.41, 5.74) is 7.54. The first-order chi connectivity index (χ1) is 35.8. The second kappa shape index (κ2) is 21.0. The number of aromatic amines is 1. The number of hydrogen-bond donors (Lipinski definition) is 4. The lowest BCUT2D eigenvalue weighted by molar-refractivity contribution is -0.141. The Morgan fingerprint density at radius 3 is 2.49 bits per heavy atom. The number of nitrogens with zero attached hydrogens (tertiary/aromatic N) is 9. The Hall–Kier alpha value is -6.61. The maximum Gasteiger partial charge on any atom is 0.319 e. The molecule has 4 aliphatic heterocycles. The third-order valence-electron chi connectivity index (χ3n) is 15.4. The van der Waals surface area contributed by atoms with E-state index in [1.165, 1.54) is 4.90 Å². The van der Waals surface area contributed by atoms with E-state index < -0.39 is 23.9 Å². The summed E-state index contributed by atoms with van der Waals surface area (Å²) < 4.78 is 35.1. The zero-order chi connectivity index (χ0) is 51.2. The second-order valence-electron chi connectivity index (χ2n) is 20.9. The van der Waals surface area contributed by atoms with Gasteiger partial charge in [0.05, 0.1) is 51.9 Å². The highest BCUT2D eigenvalue weighted by Gasteiger charge is 2.44. The molecule has 4 aliphatic rings. The van der Waals surface area contributed by atoms with E-state index in [0.717, 1.165) is 90.0 Å². The molecular formula is C54H63FN12O6S. The van der Waals surface area contributed by atoms with E-state index in [0.29, 0.717) is 60.2 Å². The van der Waals surface area contributed by atoms with E-state index in [1.54, 1.807) is 29.8 Å². The molecule has 2 aromatic carbocycles. The van der Waals surface area contributed by atoms with Gasteiger partial charge in [0.25, 0.3) is 5.88 Å². The number of benzene rings is 2. The van der Waals surface area contributed by atoms with Gasteiger partial charge in [0.15, 0.2) is 11.6 Å². The molecule has 9 heterocycles. The number of piperidine rings is 1. The molecule has 4 fully saturated rings. The quantitative estimate of drug-likeness (QED) is 0.0759. The number of nitrogens with one attached hydrogen (secondary N) is 3. The number of rotatable bonds is 16. The first kappa shape index (κ1) is 49.6. The Kier molecular flexibility index (Phi) is 14.0. The number of halogens is 1. The molecule has 18 nitrogen and oxygen atoms in total. The van der Waals surface area contributed by atoms with Crippen molar-refractivity contribution in [3.05, 3.63) is 88.8 Å². The number of thiazole rings is 1. The third-order valence-corrected chi connectivity index (χ3v) is 16.4. The van der Waals surface area contributed by atoms with Gasteiger partial charge in [-0.05, 0) is 99.3 Å². The van der Waals surface area contributed by atoms with Crippen LogP contribution in [-0.4, -0.2) is 139 Å². The Morgan fingerprint density at radius 1 is 0.959 bits per heavy atom. The number of aliphatic hydroxyl groups excluding tert-OH is 1. The number of aryl methyl sites for hydroxylation is 2. The zero-order valence-electron chi connectivity index (χ0n) is 42.4. The maximum atomic E-state index is 16.9. The standard InChI is InChI=1S/C54H63FN12O6S/c1-29(2)45(53(70)67-26-38(68)20-42(67)52(69)59-31(4)34-7-9-35(10-8-34)50-32(5)57-28-74-50)43-21-44(64-73-43)72-27-33-14-16-65(17-15-33)18-19-71-54-61-48-40(51(62-54)66-24-36-11-12-37(25-66)60-36)22-56-49(47(48)55)46-30(3)6-13-41-39(46)23-58-63-41/h6-10,13,21-23,28-29,31,33,36-38,42,45,60,68H,11-12,14-20,24-27H2,1-5H3,(H,58,63)(H,59,69)/t31?,36?,37?,38-,42?,45?/m1/s1. The summed E-state index contributed by atoms with van der Waals surface area (Å²) in [5, 5.41) is 30.2. The molecule has 4 N–H and O–H groups in total. The van der Waals surface area contributed by atoms with E-state index in [2.05, 4.69) is 40.8 Å². The molecule has 5 aromatic heterocycles. The predicted octanol–water partition coefficient (Wildman–Crippen LogP) is 7.12. The molecule has 0 aliphatic carbocycles. The number of aliphatic hydroxyl groups is 1.